The Morgan fingerprint density at radius 3 is 1.91 bits per heavy atom. The molecule has 0 amide bonds. The van der Waals surface area contributed by atoms with Gasteiger partial charge in [-0.2, -0.15) is 0 Å². The highest BCUT2D eigenvalue weighted by molar-refractivity contribution is 5.86. The van der Waals surface area contributed by atoms with Crippen molar-refractivity contribution in [3.05, 3.63) is 71.8 Å². The molecule has 0 bridgehead atoms. The number of carboxylic acids is 1. The summed E-state index contributed by atoms with van der Waals surface area (Å²) in [5.74, 6) is -0.690. The fraction of sp³-hybridized carbons (Fsp3) is 0.316. The van der Waals surface area contributed by atoms with Gasteiger partial charge in [-0.3, -0.25) is 4.79 Å². The molecule has 1 saturated heterocycles. The van der Waals surface area contributed by atoms with Crippen LogP contribution in [0, 0.1) is 5.92 Å². The van der Waals surface area contributed by atoms with Crippen LogP contribution < -0.4 is 0 Å². The third-order valence-corrected chi connectivity index (χ3v) is 4.80. The fourth-order valence-corrected chi connectivity index (χ4v) is 3.75. The molecule has 0 aromatic heterocycles. The van der Waals surface area contributed by atoms with Crippen molar-refractivity contribution in [1.82, 2.24) is 4.90 Å². The van der Waals surface area contributed by atoms with E-state index in [-0.39, 0.29) is 5.92 Å². The van der Waals surface area contributed by atoms with E-state index in [1.807, 2.05) is 60.7 Å². The molecule has 1 fully saturated rings. The van der Waals surface area contributed by atoms with Crippen LogP contribution in [0.4, 0.5) is 0 Å². The van der Waals surface area contributed by atoms with E-state index >= 15 is 0 Å². The van der Waals surface area contributed by atoms with Crippen LogP contribution in [0.15, 0.2) is 60.7 Å². The highest BCUT2D eigenvalue weighted by Crippen LogP contribution is 2.43. The first-order valence-electron chi connectivity index (χ1n) is 7.68. The quantitative estimate of drug-likeness (QED) is 0.942. The first-order valence-corrected chi connectivity index (χ1v) is 7.68. The van der Waals surface area contributed by atoms with Gasteiger partial charge in [0.25, 0.3) is 0 Å². The Morgan fingerprint density at radius 2 is 1.55 bits per heavy atom. The van der Waals surface area contributed by atoms with Gasteiger partial charge < -0.3 is 10.0 Å². The molecule has 1 atom stereocenters. The van der Waals surface area contributed by atoms with Crippen molar-refractivity contribution in [3.63, 3.8) is 0 Å². The Kier molecular flexibility index (Phi) is 3.99. The van der Waals surface area contributed by atoms with Crippen LogP contribution in [0.5, 0.6) is 0 Å². The van der Waals surface area contributed by atoms with Gasteiger partial charge in [0.1, 0.15) is 5.41 Å². The van der Waals surface area contributed by atoms with Gasteiger partial charge in [-0.25, -0.2) is 0 Å². The molecule has 1 unspecified atom stereocenters. The Labute approximate surface area is 131 Å². The summed E-state index contributed by atoms with van der Waals surface area (Å²) in [7, 11) is 2.06. The molecule has 3 heteroatoms. The van der Waals surface area contributed by atoms with Crippen LogP contribution in [-0.2, 0) is 10.2 Å². The zero-order chi connectivity index (χ0) is 15.6. The molecule has 0 radical (unpaired) electrons. The number of hydrogen-bond donors (Lipinski definition) is 1. The summed E-state index contributed by atoms with van der Waals surface area (Å²) in [6.07, 6.45) is 0.895. The van der Waals surface area contributed by atoms with E-state index in [0.717, 1.165) is 30.6 Å². The third-order valence-electron chi connectivity index (χ3n) is 4.80. The number of hydrogen-bond acceptors (Lipinski definition) is 2. The lowest BCUT2D eigenvalue weighted by molar-refractivity contribution is -0.144. The van der Waals surface area contributed by atoms with E-state index in [1.54, 1.807) is 0 Å². The maximum atomic E-state index is 12.5. The van der Waals surface area contributed by atoms with Gasteiger partial charge in [0, 0.05) is 6.54 Å². The largest absolute Gasteiger partial charge is 0.480 e. The number of benzene rings is 2. The summed E-state index contributed by atoms with van der Waals surface area (Å²) in [6.45, 7) is 1.75. The lowest BCUT2D eigenvalue weighted by atomic mass is 9.65. The highest BCUT2D eigenvalue weighted by Gasteiger charge is 2.50. The van der Waals surface area contributed by atoms with Gasteiger partial charge in [0.05, 0.1) is 0 Å². The maximum absolute atomic E-state index is 12.5. The molecule has 3 rings (SSSR count). The standard InChI is InChI=1S/C19H21NO2/c1-20-13-12-17(14-20)19(18(21)22,15-8-4-2-5-9-15)16-10-6-3-7-11-16/h2-11,17H,12-14H2,1H3,(H,21,22). The smallest absolute Gasteiger partial charge is 0.318 e. The normalized spacial score (nSPS) is 19.2. The van der Waals surface area contributed by atoms with Gasteiger partial charge in [-0.1, -0.05) is 60.7 Å². The lowest BCUT2D eigenvalue weighted by Gasteiger charge is -2.36. The van der Waals surface area contributed by atoms with Crippen molar-refractivity contribution < 1.29 is 9.90 Å². The Hall–Kier alpha value is -2.13. The van der Waals surface area contributed by atoms with Gasteiger partial charge in [-0.15, -0.1) is 0 Å². The van der Waals surface area contributed by atoms with Gasteiger partial charge in [0.15, 0.2) is 0 Å². The molecule has 2 aromatic carbocycles. The molecule has 0 spiro atoms. The zero-order valence-electron chi connectivity index (χ0n) is 12.8. The second-order valence-corrected chi connectivity index (χ2v) is 6.09. The van der Waals surface area contributed by atoms with Crippen molar-refractivity contribution in [3.8, 4) is 0 Å². The molecule has 1 N–H and O–H groups in total. The van der Waals surface area contributed by atoms with Crippen LogP contribution in [0.3, 0.4) is 0 Å². The van der Waals surface area contributed by atoms with E-state index in [2.05, 4.69) is 11.9 Å². The monoisotopic (exact) mass is 295 g/mol. The average molecular weight is 295 g/mol. The summed E-state index contributed by atoms with van der Waals surface area (Å²) in [5, 5.41) is 10.3. The molecule has 3 nitrogen and oxygen atoms in total. The van der Waals surface area contributed by atoms with Crippen LogP contribution in [-0.4, -0.2) is 36.1 Å². The molecule has 114 valence electrons. The SMILES string of the molecule is CN1CCC(C(C(=O)O)(c2ccccc2)c2ccccc2)C1. The van der Waals surface area contributed by atoms with Gasteiger partial charge in [-0.05, 0) is 37.1 Å². The number of carboxylic acid groups (broad SMARTS) is 1. The van der Waals surface area contributed by atoms with Crippen molar-refractivity contribution in [2.24, 2.45) is 5.92 Å². The van der Waals surface area contributed by atoms with E-state index in [1.165, 1.54) is 0 Å². The highest BCUT2D eigenvalue weighted by atomic mass is 16.4. The first-order chi connectivity index (χ1) is 10.7. The van der Waals surface area contributed by atoms with Crippen molar-refractivity contribution in [1.29, 1.82) is 0 Å². The predicted molar refractivity (Wildman–Crippen MR) is 86.9 cm³/mol. The molecular weight excluding hydrogens is 274 g/mol. The topological polar surface area (TPSA) is 40.5 Å². The molecule has 1 aliphatic rings. The predicted octanol–water partition coefficient (Wildman–Crippen LogP) is 3.01. The van der Waals surface area contributed by atoms with Crippen LogP contribution in [0.1, 0.15) is 17.5 Å². The van der Waals surface area contributed by atoms with E-state index < -0.39 is 11.4 Å². The molecular formula is C19H21NO2. The van der Waals surface area contributed by atoms with Crippen LogP contribution in [0.25, 0.3) is 0 Å². The Balaban J connectivity index is 2.22. The van der Waals surface area contributed by atoms with Crippen LogP contribution in [0.2, 0.25) is 0 Å². The molecule has 0 aliphatic carbocycles. The second kappa shape index (κ2) is 5.93. The molecule has 2 aromatic rings. The number of likely N-dealkylation sites (tertiary alicyclic amines) is 1. The van der Waals surface area contributed by atoms with Crippen LogP contribution >= 0.6 is 0 Å². The van der Waals surface area contributed by atoms with E-state index in [4.69, 9.17) is 0 Å². The summed E-state index contributed by atoms with van der Waals surface area (Å²) >= 11 is 0. The second-order valence-electron chi connectivity index (χ2n) is 6.09. The van der Waals surface area contributed by atoms with Crippen molar-refractivity contribution in [2.75, 3.05) is 20.1 Å². The average Bonchev–Trinajstić information content (AvgIpc) is 2.97. The summed E-state index contributed by atoms with van der Waals surface area (Å²) in [5.41, 5.74) is 0.760. The third kappa shape index (κ3) is 2.32. The molecule has 0 saturated carbocycles. The fourth-order valence-electron chi connectivity index (χ4n) is 3.75. The summed E-state index contributed by atoms with van der Waals surface area (Å²) in [4.78, 5) is 14.7. The number of rotatable bonds is 4. The first kappa shape index (κ1) is 14.8. The lowest BCUT2D eigenvalue weighted by Crippen LogP contribution is -2.45. The van der Waals surface area contributed by atoms with Gasteiger partial charge in [0.2, 0.25) is 0 Å². The zero-order valence-corrected chi connectivity index (χ0v) is 12.8. The molecule has 1 aliphatic heterocycles. The minimum absolute atomic E-state index is 0.0693. The minimum atomic E-state index is -0.979. The molecule has 22 heavy (non-hydrogen) atoms. The van der Waals surface area contributed by atoms with Crippen molar-refractivity contribution >= 4 is 5.97 Å². The number of carbonyl (C=O) groups is 1. The molecule has 1 heterocycles. The Bertz CT molecular complexity index is 599. The van der Waals surface area contributed by atoms with E-state index in [0.29, 0.717) is 0 Å². The number of aliphatic carboxylic acids is 1. The summed E-state index contributed by atoms with van der Waals surface area (Å²) < 4.78 is 0. The Morgan fingerprint density at radius 1 is 1.05 bits per heavy atom. The van der Waals surface area contributed by atoms with Gasteiger partial charge >= 0.3 is 5.97 Å². The summed E-state index contributed by atoms with van der Waals surface area (Å²) in [6, 6.07) is 19.3. The minimum Gasteiger partial charge on any atom is -0.480 e. The van der Waals surface area contributed by atoms with E-state index in [9.17, 15) is 9.90 Å². The maximum Gasteiger partial charge on any atom is 0.318 e. The number of nitrogens with zero attached hydrogens (tertiary/aromatic N) is 1. The van der Waals surface area contributed by atoms with Crippen molar-refractivity contribution in [2.45, 2.75) is 11.8 Å².